The molecule has 0 radical (unpaired) electrons. The first-order chi connectivity index (χ1) is 4.30. The van der Waals surface area contributed by atoms with E-state index in [-0.39, 0.29) is 64.3 Å². The number of piperidine rings is 1. The average molecular weight is 186 g/mol. The van der Waals surface area contributed by atoms with E-state index < -0.39 is 0 Å². The predicted octanol–water partition coefficient (Wildman–Crippen LogP) is -3.16. The fraction of sp³-hybridized carbons (Fsp3) is 0.833. The van der Waals surface area contributed by atoms with Gasteiger partial charge in [-0.1, -0.05) is 0 Å². The summed E-state index contributed by atoms with van der Waals surface area (Å²) in [5, 5.41) is 0. The van der Waals surface area contributed by atoms with E-state index in [1.807, 2.05) is 0 Å². The molecule has 4 nitrogen and oxygen atoms in total. The molecular weight excluding hydrogens is 171 g/mol. The van der Waals surface area contributed by atoms with Gasteiger partial charge in [0.05, 0.1) is 0 Å². The van der Waals surface area contributed by atoms with E-state index in [9.17, 15) is 4.79 Å². The molecule has 62 valence electrons. The summed E-state index contributed by atoms with van der Waals surface area (Å²) < 4.78 is 0. The smallest absolute Gasteiger partial charge is 1.00 e. The van der Waals surface area contributed by atoms with Crippen LogP contribution in [0.25, 0.3) is 0 Å². The van der Waals surface area contributed by atoms with Gasteiger partial charge in [0.1, 0.15) is 0 Å². The molecule has 0 aliphatic carbocycles. The zero-order valence-electron chi connectivity index (χ0n) is 7.97. The minimum absolute atomic E-state index is 0. The van der Waals surface area contributed by atoms with Gasteiger partial charge in [-0.25, -0.2) is 4.79 Å². The number of amides is 2. The molecule has 0 spiro atoms. The summed E-state index contributed by atoms with van der Waals surface area (Å²) >= 11 is 0. The fourth-order valence-electron chi connectivity index (χ4n) is 1.11. The number of likely N-dealkylation sites (tertiary alicyclic amines) is 1. The summed E-state index contributed by atoms with van der Waals surface area (Å²) in [6.07, 6.45) is 3.47. The second-order valence-corrected chi connectivity index (χ2v) is 2.39. The number of nitrogens with two attached hydrogens (primary N) is 1. The maximum atomic E-state index is 10.5. The first-order valence-electron chi connectivity index (χ1n) is 3.35. The van der Waals surface area contributed by atoms with E-state index in [1.54, 1.807) is 4.90 Å². The van der Waals surface area contributed by atoms with Crippen LogP contribution in [-0.2, 0) is 0 Å². The van der Waals surface area contributed by atoms with E-state index >= 15 is 0 Å². The van der Waals surface area contributed by atoms with Crippen LogP contribution >= 0.6 is 0 Å². The Morgan fingerprint density at radius 2 is 1.73 bits per heavy atom. The summed E-state index contributed by atoms with van der Waals surface area (Å²) in [7, 11) is 0. The van der Waals surface area contributed by atoms with Crippen LogP contribution in [0.1, 0.15) is 20.7 Å². The molecule has 0 unspecified atom stereocenters. The van der Waals surface area contributed by atoms with Crippen LogP contribution in [0.3, 0.4) is 0 Å². The zero-order chi connectivity index (χ0) is 6.69. The number of nitrogens with zero attached hydrogens (tertiary/aromatic N) is 1. The standard InChI is InChI=1S/C6H12N2O.K.H2O.H/c7-6(9)8-4-2-1-3-5-8;;;/h1-5H2,(H2,7,9);;1H2;/q;+1;;-1. The topological polar surface area (TPSA) is 77.8 Å². The third kappa shape index (κ3) is 5.16. The largest absolute Gasteiger partial charge is 1.00 e. The fourth-order valence-corrected chi connectivity index (χ4v) is 1.11. The summed E-state index contributed by atoms with van der Waals surface area (Å²) in [4.78, 5) is 12.2. The second-order valence-electron chi connectivity index (χ2n) is 2.39. The summed E-state index contributed by atoms with van der Waals surface area (Å²) in [5.74, 6) is 0. The van der Waals surface area contributed by atoms with Gasteiger partial charge in [-0.3, -0.25) is 0 Å². The predicted molar refractivity (Wildman–Crippen MR) is 39.7 cm³/mol. The van der Waals surface area contributed by atoms with Gasteiger partial charge in [-0.15, -0.1) is 0 Å². The molecule has 2 amide bonds. The molecule has 1 aliphatic rings. The number of primary amides is 1. The van der Waals surface area contributed by atoms with Crippen LogP contribution in [0, 0.1) is 0 Å². The number of hydrogen-bond acceptors (Lipinski definition) is 1. The Morgan fingerprint density at radius 1 is 1.27 bits per heavy atom. The van der Waals surface area contributed by atoms with E-state index in [4.69, 9.17) is 5.73 Å². The first-order valence-corrected chi connectivity index (χ1v) is 3.35. The third-order valence-corrected chi connectivity index (χ3v) is 1.67. The number of rotatable bonds is 0. The zero-order valence-corrected chi connectivity index (χ0v) is 10.1. The van der Waals surface area contributed by atoms with Crippen molar-refractivity contribution in [2.24, 2.45) is 5.73 Å². The van der Waals surface area contributed by atoms with E-state index in [1.165, 1.54) is 6.42 Å². The third-order valence-electron chi connectivity index (χ3n) is 1.67. The van der Waals surface area contributed by atoms with Crippen LogP contribution in [0.4, 0.5) is 4.79 Å². The Labute approximate surface area is 111 Å². The van der Waals surface area contributed by atoms with Crippen molar-refractivity contribution in [3.63, 3.8) is 0 Å². The molecule has 0 atom stereocenters. The number of hydrogen-bond donors (Lipinski definition) is 1. The second kappa shape index (κ2) is 7.51. The Hall–Kier alpha value is 0.866. The maximum absolute atomic E-state index is 10.5. The van der Waals surface area contributed by atoms with Crippen LogP contribution < -0.4 is 57.1 Å². The Bertz CT molecular complexity index is 120. The molecule has 1 heterocycles. The molecule has 0 saturated carbocycles. The van der Waals surface area contributed by atoms with Gasteiger partial charge in [0.15, 0.2) is 0 Å². The molecule has 0 bridgehead atoms. The molecule has 1 saturated heterocycles. The van der Waals surface area contributed by atoms with Gasteiger partial charge in [-0.2, -0.15) is 0 Å². The molecule has 0 aromatic heterocycles. The van der Waals surface area contributed by atoms with Crippen molar-refractivity contribution in [1.82, 2.24) is 4.90 Å². The Balaban J connectivity index is -0.000000270. The van der Waals surface area contributed by atoms with E-state index in [0.717, 1.165) is 25.9 Å². The minimum Gasteiger partial charge on any atom is -1.00 e. The van der Waals surface area contributed by atoms with Crippen molar-refractivity contribution in [1.29, 1.82) is 0 Å². The first kappa shape index (κ1) is 14.4. The summed E-state index contributed by atoms with van der Waals surface area (Å²) in [6.45, 7) is 1.71. The van der Waals surface area contributed by atoms with Crippen LogP contribution in [0.5, 0.6) is 0 Å². The average Bonchev–Trinajstić information content (AvgIpc) is 1.90. The number of carbonyl (C=O) groups is 1. The Kier molecular flexibility index (Phi) is 9.83. The molecule has 1 rings (SSSR count). The molecule has 1 fully saturated rings. The Morgan fingerprint density at radius 3 is 2.00 bits per heavy atom. The van der Waals surface area contributed by atoms with Gasteiger partial charge < -0.3 is 17.5 Å². The maximum Gasteiger partial charge on any atom is 1.00 e. The van der Waals surface area contributed by atoms with Crippen molar-refractivity contribution >= 4 is 6.03 Å². The van der Waals surface area contributed by atoms with Gasteiger partial charge in [0.2, 0.25) is 0 Å². The van der Waals surface area contributed by atoms with E-state index in [0.29, 0.717) is 0 Å². The molecule has 11 heavy (non-hydrogen) atoms. The summed E-state index contributed by atoms with van der Waals surface area (Å²) in [5.41, 5.74) is 5.05. The summed E-state index contributed by atoms with van der Waals surface area (Å²) in [6, 6.07) is -0.269. The van der Waals surface area contributed by atoms with Crippen LogP contribution in [-0.4, -0.2) is 29.5 Å². The van der Waals surface area contributed by atoms with Crippen molar-refractivity contribution in [2.75, 3.05) is 13.1 Å². The molecule has 5 heteroatoms. The van der Waals surface area contributed by atoms with Crippen molar-refractivity contribution < 1.29 is 63.1 Å². The van der Waals surface area contributed by atoms with Crippen LogP contribution in [0.2, 0.25) is 0 Å². The van der Waals surface area contributed by atoms with Gasteiger partial charge >= 0.3 is 57.4 Å². The quantitative estimate of drug-likeness (QED) is 0.398. The minimum atomic E-state index is -0.269. The molecule has 0 aromatic rings. The van der Waals surface area contributed by atoms with Crippen molar-refractivity contribution in [3.8, 4) is 0 Å². The molecule has 4 N–H and O–H groups in total. The SMILES string of the molecule is NC(=O)N1CCCCC1.O.[H-].[K+]. The van der Waals surface area contributed by atoms with Gasteiger partial charge in [0, 0.05) is 13.1 Å². The van der Waals surface area contributed by atoms with Gasteiger partial charge in [0.25, 0.3) is 0 Å². The van der Waals surface area contributed by atoms with Crippen LogP contribution in [0.15, 0.2) is 0 Å². The van der Waals surface area contributed by atoms with E-state index in [2.05, 4.69) is 0 Å². The number of urea groups is 1. The molecular formula is C6H15KN2O2. The number of carbonyl (C=O) groups excluding carboxylic acids is 1. The van der Waals surface area contributed by atoms with Crippen molar-refractivity contribution in [3.05, 3.63) is 0 Å². The monoisotopic (exact) mass is 186 g/mol. The normalized spacial score (nSPS) is 16.2. The van der Waals surface area contributed by atoms with Crippen molar-refractivity contribution in [2.45, 2.75) is 19.3 Å². The molecule has 1 aliphatic heterocycles. The molecule has 0 aromatic carbocycles. The van der Waals surface area contributed by atoms with Gasteiger partial charge in [-0.05, 0) is 19.3 Å².